The lowest BCUT2D eigenvalue weighted by atomic mass is 10.2. The van der Waals surface area contributed by atoms with E-state index in [-0.39, 0.29) is 11.7 Å². The third-order valence-corrected chi connectivity index (χ3v) is 3.66. The number of amides is 1. The summed E-state index contributed by atoms with van der Waals surface area (Å²) in [5, 5.41) is 0. The van der Waals surface area contributed by atoms with Crippen LogP contribution in [0.3, 0.4) is 0 Å². The van der Waals surface area contributed by atoms with E-state index < -0.39 is 0 Å². The van der Waals surface area contributed by atoms with Crippen LogP contribution < -0.4 is 0 Å². The van der Waals surface area contributed by atoms with Gasteiger partial charge in [0.2, 0.25) is 5.91 Å². The van der Waals surface area contributed by atoms with E-state index >= 15 is 0 Å². The molecule has 1 aromatic carbocycles. The third kappa shape index (κ3) is 3.66. The van der Waals surface area contributed by atoms with E-state index in [1.165, 1.54) is 25.0 Å². The lowest BCUT2D eigenvalue weighted by molar-refractivity contribution is -0.127. The number of nitrogens with zero attached hydrogens (tertiary/aromatic N) is 1. The molecule has 0 radical (unpaired) electrons. The summed E-state index contributed by atoms with van der Waals surface area (Å²) < 4.78 is 13.0. The largest absolute Gasteiger partial charge is 0.336 e. The first-order valence-electron chi connectivity index (χ1n) is 6.95. The van der Waals surface area contributed by atoms with Crippen molar-refractivity contribution < 1.29 is 9.18 Å². The minimum atomic E-state index is -0.280. The zero-order chi connectivity index (χ0) is 13.7. The average molecular weight is 261 g/mol. The Morgan fingerprint density at radius 3 is 2.79 bits per heavy atom. The first-order chi connectivity index (χ1) is 9.20. The standard InChI is InChI=1S/C16H20FNO/c1-2-18(15-8-3-4-9-15)16(19)11-10-13-6-5-7-14(17)12-13/h5-7,10-12,15H,2-4,8-9H2,1H3/b11-10+. The van der Waals surface area contributed by atoms with Crippen LogP contribution in [0.4, 0.5) is 4.39 Å². The highest BCUT2D eigenvalue weighted by atomic mass is 19.1. The molecule has 0 unspecified atom stereocenters. The lowest BCUT2D eigenvalue weighted by Gasteiger charge is -2.26. The summed E-state index contributed by atoms with van der Waals surface area (Å²) in [7, 11) is 0. The van der Waals surface area contributed by atoms with Crippen molar-refractivity contribution in [3.05, 3.63) is 41.7 Å². The van der Waals surface area contributed by atoms with Crippen LogP contribution in [0.1, 0.15) is 38.2 Å². The Balaban J connectivity index is 2.02. The Hall–Kier alpha value is -1.64. The molecule has 0 bridgehead atoms. The molecule has 0 atom stereocenters. The zero-order valence-electron chi connectivity index (χ0n) is 11.3. The molecule has 1 fully saturated rings. The van der Waals surface area contributed by atoms with Crippen LogP contribution in [0, 0.1) is 5.82 Å². The number of carbonyl (C=O) groups excluding carboxylic acids is 1. The molecule has 1 amide bonds. The zero-order valence-corrected chi connectivity index (χ0v) is 11.3. The number of hydrogen-bond acceptors (Lipinski definition) is 1. The number of rotatable bonds is 4. The number of benzene rings is 1. The van der Waals surface area contributed by atoms with Crippen molar-refractivity contribution in [1.29, 1.82) is 0 Å². The van der Waals surface area contributed by atoms with Gasteiger partial charge in [-0.05, 0) is 43.5 Å². The molecular formula is C16H20FNO. The number of likely N-dealkylation sites (N-methyl/N-ethyl adjacent to an activating group) is 1. The minimum Gasteiger partial charge on any atom is -0.336 e. The smallest absolute Gasteiger partial charge is 0.246 e. The van der Waals surface area contributed by atoms with Crippen LogP contribution in [-0.4, -0.2) is 23.4 Å². The number of halogens is 1. The Morgan fingerprint density at radius 1 is 1.42 bits per heavy atom. The van der Waals surface area contributed by atoms with E-state index in [9.17, 15) is 9.18 Å². The van der Waals surface area contributed by atoms with Gasteiger partial charge < -0.3 is 4.90 Å². The average Bonchev–Trinajstić information content (AvgIpc) is 2.91. The Morgan fingerprint density at radius 2 is 2.16 bits per heavy atom. The fourth-order valence-corrected chi connectivity index (χ4v) is 2.68. The van der Waals surface area contributed by atoms with Crippen molar-refractivity contribution in [2.24, 2.45) is 0 Å². The maximum absolute atomic E-state index is 13.0. The van der Waals surface area contributed by atoms with Crippen LogP contribution in [0.2, 0.25) is 0 Å². The predicted molar refractivity (Wildman–Crippen MR) is 75.1 cm³/mol. The fourth-order valence-electron chi connectivity index (χ4n) is 2.68. The molecule has 0 aliphatic heterocycles. The second kappa shape index (κ2) is 6.50. The second-order valence-corrected chi connectivity index (χ2v) is 4.95. The molecule has 1 aliphatic carbocycles. The summed E-state index contributed by atoms with van der Waals surface area (Å²) in [6.07, 6.45) is 7.87. The van der Waals surface area contributed by atoms with Crippen LogP contribution >= 0.6 is 0 Å². The van der Waals surface area contributed by atoms with Gasteiger partial charge in [0.15, 0.2) is 0 Å². The summed E-state index contributed by atoms with van der Waals surface area (Å²) in [5.41, 5.74) is 0.718. The van der Waals surface area contributed by atoms with E-state index in [2.05, 4.69) is 0 Å². The van der Waals surface area contributed by atoms with Gasteiger partial charge in [-0.2, -0.15) is 0 Å². The maximum atomic E-state index is 13.0. The van der Waals surface area contributed by atoms with Crippen LogP contribution in [0.15, 0.2) is 30.3 Å². The molecule has 102 valence electrons. The molecule has 0 heterocycles. The molecule has 0 N–H and O–H groups in total. The van der Waals surface area contributed by atoms with E-state index in [4.69, 9.17) is 0 Å². The highest BCUT2D eigenvalue weighted by molar-refractivity contribution is 5.92. The molecule has 19 heavy (non-hydrogen) atoms. The summed E-state index contributed by atoms with van der Waals surface area (Å²) in [6.45, 7) is 2.74. The Kier molecular flexibility index (Phi) is 4.72. The van der Waals surface area contributed by atoms with Crippen molar-refractivity contribution >= 4 is 12.0 Å². The SMILES string of the molecule is CCN(C(=O)/C=C/c1cccc(F)c1)C1CCCC1. The molecule has 2 rings (SSSR count). The summed E-state index contributed by atoms with van der Waals surface area (Å²) in [4.78, 5) is 14.1. The number of carbonyl (C=O) groups is 1. The summed E-state index contributed by atoms with van der Waals surface area (Å²) >= 11 is 0. The molecule has 0 spiro atoms. The summed E-state index contributed by atoms with van der Waals surface area (Å²) in [5.74, 6) is -0.253. The maximum Gasteiger partial charge on any atom is 0.246 e. The summed E-state index contributed by atoms with van der Waals surface area (Å²) in [6, 6.07) is 6.65. The van der Waals surface area contributed by atoms with E-state index in [1.807, 2.05) is 11.8 Å². The van der Waals surface area contributed by atoms with Gasteiger partial charge >= 0.3 is 0 Å². The van der Waals surface area contributed by atoms with Crippen LogP contribution in [0.5, 0.6) is 0 Å². The first-order valence-corrected chi connectivity index (χ1v) is 6.95. The highest BCUT2D eigenvalue weighted by Gasteiger charge is 2.23. The predicted octanol–water partition coefficient (Wildman–Crippen LogP) is 3.63. The van der Waals surface area contributed by atoms with Crippen molar-refractivity contribution in [3.8, 4) is 0 Å². The second-order valence-electron chi connectivity index (χ2n) is 4.95. The molecule has 0 saturated heterocycles. The van der Waals surface area contributed by atoms with E-state index in [0.717, 1.165) is 24.9 Å². The minimum absolute atomic E-state index is 0.0265. The van der Waals surface area contributed by atoms with Crippen LogP contribution in [-0.2, 0) is 4.79 Å². The molecule has 2 nitrogen and oxygen atoms in total. The third-order valence-electron chi connectivity index (χ3n) is 3.66. The molecule has 0 aromatic heterocycles. The molecular weight excluding hydrogens is 241 g/mol. The van der Waals surface area contributed by atoms with E-state index in [1.54, 1.807) is 24.3 Å². The van der Waals surface area contributed by atoms with Gasteiger partial charge in [-0.15, -0.1) is 0 Å². The van der Waals surface area contributed by atoms with Crippen molar-refractivity contribution in [3.63, 3.8) is 0 Å². The normalized spacial score (nSPS) is 16.1. The molecule has 1 aromatic rings. The fraction of sp³-hybridized carbons (Fsp3) is 0.438. The van der Waals surface area contributed by atoms with E-state index in [0.29, 0.717) is 6.04 Å². The van der Waals surface area contributed by atoms with Crippen molar-refractivity contribution in [2.75, 3.05) is 6.54 Å². The van der Waals surface area contributed by atoms with Crippen molar-refractivity contribution in [2.45, 2.75) is 38.6 Å². The van der Waals surface area contributed by atoms with Crippen LogP contribution in [0.25, 0.3) is 6.08 Å². The molecule has 1 saturated carbocycles. The van der Waals surface area contributed by atoms with Gasteiger partial charge in [0.25, 0.3) is 0 Å². The van der Waals surface area contributed by atoms with Gasteiger partial charge in [0.1, 0.15) is 5.82 Å². The van der Waals surface area contributed by atoms with Gasteiger partial charge in [-0.3, -0.25) is 4.79 Å². The molecule has 1 aliphatic rings. The Labute approximate surface area is 113 Å². The van der Waals surface area contributed by atoms with Gasteiger partial charge in [-0.25, -0.2) is 4.39 Å². The van der Waals surface area contributed by atoms with Crippen molar-refractivity contribution in [1.82, 2.24) is 4.90 Å². The van der Waals surface area contributed by atoms with Gasteiger partial charge in [-0.1, -0.05) is 25.0 Å². The Bertz CT molecular complexity index is 464. The monoisotopic (exact) mass is 261 g/mol. The lowest BCUT2D eigenvalue weighted by Crippen LogP contribution is -2.37. The highest BCUT2D eigenvalue weighted by Crippen LogP contribution is 2.23. The van der Waals surface area contributed by atoms with Gasteiger partial charge in [0.05, 0.1) is 0 Å². The first kappa shape index (κ1) is 13.8. The number of hydrogen-bond donors (Lipinski definition) is 0. The van der Waals surface area contributed by atoms with Gasteiger partial charge in [0, 0.05) is 18.7 Å². The topological polar surface area (TPSA) is 20.3 Å². The molecule has 3 heteroatoms. The quantitative estimate of drug-likeness (QED) is 0.758.